The number of amides is 1. The number of carbonyl (C=O) groups is 1. The lowest BCUT2D eigenvalue weighted by molar-refractivity contribution is -0.117. The zero-order valence-electron chi connectivity index (χ0n) is 11.7. The Labute approximate surface area is 124 Å². The van der Waals surface area contributed by atoms with Crippen molar-refractivity contribution < 1.29 is 9.53 Å². The molecule has 2 unspecified atom stereocenters. The normalized spacial score (nSPS) is 22.4. The van der Waals surface area contributed by atoms with Crippen LogP contribution >= 0.6 is 11.6 Å². The molecule has 1 aliphatic carbocycles. The Kier molecular flexibility index (Phi) is 5.26. The maximum Gasteiger partial charge on any atom is 0.224 e. The average molecular weight is 297 g/mol. The van der Waals surface area contributed by atoms with Crippen molar-refractivity contribution in [2.45, 2.75) is 38.1 Å². The van der Waals surface area contributed by atoms with Crippen LogP contribution in [-0.4, -0.2) is 19.1 Å². The lowest BCUT2D eigenvalue weighted by Crippen LogP contribution is -2.35. The maximum atomic E-state index is 12.1. The number of halogens is 1. The Morgan fingerprint density at radius 1 is 1.45 bits per heavy atom. The van der Waals surface area contributed by atoms with Gasteiger partial charge in [0.1, 0.15) is 5.75 Å². The van der Waals surface area contributed by atoms with Gasteiger partial charge in [0.2, 0.25) is 5.91 Å². The zero-order chi connectivity index (χ0) is 14.5. The molecule has 20 heavy (non-hydrogen) atoms. The number of carbonyl (C=O) groups excluding carboxylic acids is 1. The molecule has 0 saturated heterocycles. The smallest absolute Gasteiger partial charge is 0.224 e. The van der Waals surface area contributed by atoms with Gasteiger partial charge in [-0.3, -0.25) is 4.79 Å². The Hall–Kier alpha value is -1.26. The van der Waals surface area contributed by atoms with Gasteiger partial charge in [-0.2, -0.15) is 0 Å². The topological polar surface area (TPSA) is 64.3 Å². The first-order valence-corrected chi connectivity index (χ1v) is 7.37. The molecule has 0 aromatic heterocycles. The maximum absolute atomic E-state index is 12.1. The van der Waals surface area contributed by atoms with Crippen molar-refractivity contribution in [2.75, 3.05) is 12.4 Å². The molecule has 4 nitrogen and oxygen atoms in total. The highest BCUT2D eigenvalue weighted by Gasteiger charge is 2.24. The summed E-state index contributed by atoms with van der Waals surface area (Å²) in [5.74, 6) is 0.841. The van der Waals surface area contributed by atoms with Crippen molar-refractivity contribution in [3.05, 3.63) is 23.2 Å². The van der Waals surface area contributed by atoms with Gasteiger partial charge in [0, 0.05) is 24.2 Å². The molecule has 1 fully saturated rings. The molecule has 1 aromatic carbocycles. The third-order valence-corrected chi connectivity index (χ3v) is 4.16. The first-order chi connectivity index (χ1) is 9.60. The third-order valence-electron chi connectivity index (χ3n) is 3.85. The van der Waals surface area contributed by atoms with Gasteiger partial charge < -0.3 is 15.8 Å². The van der Waals surface area contributed by atoms with Crippen LogP contribution in [0.15, 0.2) is 18.2 Å². The summed E-state index contributed by atoms with van der Waals surface area (Å²) in [5.41, 5.74) is 6.76. The second-order valence-electron chi connectivity index (χ2n) is 5.31. The number of nitrogens with one attached hydrogen (secondary N) is 1. The van der Waals surface area contributed by atoms with Crippen LogP contribution in [0.25, 0.3) is 0 Å². The average Bonchev–Trinajstić information content (AvgIpc) is 2.43. The van der Waals surface area contributed by atoms with Crippen LogP contribution in [0.5, 0.6) is 5.75 Å². The molecule has 2 atom stereocenters. The predicted octanol–water partition coefficient (Wildman–Crippen LogP) is 3.19. The van der Waals surface area contributed by atoms with Crippen molar-refractivity contribution in [3.8, 4) is 5.75 Å². The van der Waals surface area contributed by atoms with Gasteiger partial charge in [-0.25, -0.2) is 0 Å². The number of benzene rings is 1. The van der Waals surface area contributed by atoms with Crippen LogP contribution in [0.2, 0.25) is 5.02 Å². The minimum Gasteiger partial charge on any atom is -0.495 e. The van der Waals surface area contributed by atoms with E-state index >= 15 is 0 Å². The second-order valence-corrected chi connectivity index (χ2v) is 5.72. The molecule has 0 heterocycles. The summed E-state index contributed by atoms with van der Waals surface area (Å²) in [4.78, 5) is 12.1. The van der Waals surface area contributed by atoms with Gasteiger partial charge in [0.05, 0.1) is 12.1 Å². The van der Waals surface area contributed by atoms with Crippen LogP contribution in [0, 0.1) is 5.92 Å². The van der Waals surface area contributed by atoms with Gasteiger partial charge >= 0.3 is 0 Å². The Morgan fingerprint density at radius 3 is 2.90 bits per heavy atom. The molecule has 0 aliphatic heterocycles. The van der Waals surface area contributed by atoms with Crippen LogP contribution in [0.1, 0.15) is 32.1 Å². The molecule has 0 spiro atoms. The van der Waals surface area contributed by atoms with E-state index in [0.29, 0.717) is 22.9 Å². The van der Waals surface area contributed by atoms with Crippen molar-refractivity contribution in [2.24, 2.45) is 11.7 Å². The molecule has 1 saturated carbocycles. The molecular weight excluding hydrogens is 276 g/mol. The predicted molar refractivity (Wildman–Crippen MR) is 81.2 cm³/mol. The summed E-state index contributed by atoms with van der Waals surface area (Å²) in [6, 6.07) is 5.35. The minimum absolute atomic E-state index is 0.00303. The van der Waals surface area contributed by atoms with Crippen LogP contribution in [0.3, 0.4) is 0 Å². The number of hydrogen-bond acceptors (Lipinski definition) is 3. The highest BCUT2D eigenvalue weighted by Crippen LogP contribution is 2.29. The molecule has 1 aromatic rings. The van der Waals surface area contributed by atoms with Crippen LogP contribution in [-0.2, 0) is 4.79 Å². The fourth-order valence-corrected chi connectivity index (χ4v) is 2.87. The summed E-state index contributed by atoms with van der Waals surface area (Å²) in [6.07, 6.45) is 4.88. The molecule has 0 radical (unpaired) electrons. The summed E-state index contributed by atoms with van der Waals surface area (Å²) in [7, 11) is 1.55. The molecule has 0 bridgehead atoms. The van der Waals surface area contributed by atoms with E-state index in [9.17, 15) is 4.79 Å². The van der Waals surface area contributed by atoms with Crippen molar-refractivity contribution in [3.63, 3.8) is 0 Å². The van der Waals surface area contributed by atoms with Gasteiger partial charge in [0.15, 0.2) is 0 Å². The first kappa shape index (κ1) is 15.1. The summed E-state index contributed by atoms with van der Waals surface area (Å²) < 4.78 is 5.13. The van der Waals surface area contributed by atoms with Crippen molar-refractivity contribution in [1.82, 2.24) is 0 Å². The van der Waals surface area contributed by atoms with E-state index in [1.54, 1.807) is 25.3 Å². The molecule has 5 heteroatoms. The van der Waals surface area contributed by atoms with Crippen molar-refractivity contribution in [1.29, 1.82) is 0 Å². The number of rotatable bonds is 4. The quantitative estimate of drug-likeness (QED) is 0.897. The first-order valence-electron chi connectivity index (χ1n) is 6.99. The van der Waals surface area contributed by atoms with E-state index in [1.165, 1.54) is 12.8 Å². The lowest BCUT2D eigenvalue weighted by Gasteiger charge is -2.27. The van der Waals surface area contributed by atoms with Gasteiger partial charge in [0.25, 0.3) is 0 Å². The molecule has 1 aliphatic rings. The number of hydrogen-bond donors (Lipinski definition) is 2. The summed E-state index contributed by atoms with van der Waals surface area (Å²) >= 11 is 5.95. The van der Waals surface area contributed by atoms with E-state index in [-0.39, 0.29) is 17.9 Å². The molecule has 2 rings (SSSR count). The third kappa shape index (κ3) is 3.87. The highest BCUT2D eigenvalue weighted by atomic mass is 35.5. The largest absolute Gasteiger partial charge is 0.495 e. The lowest BCUT2D eigenvalue weighted by atomic mass is 9.83. The van der Waals surface area contributed by atoms with Gasteiger partial charge in [-0.1, -0.05) is 24.4 Å². The number of anilines is 1. The monoisotopic (exact) mass is 296 g/mol. The number of methoxy groups -OCH3 is 1. The SMILES string of the molecule is COc1cc(NC(=O)CC2CCCCC2N)ccc1Cl. The number of ether oxygens (including phenoxy) is 1. The van der Waals surface area contributed by atoms with E-state index in [4.69, 9.17) is 22.1 Å². The summed E-state index contributed by atoms with van der Waals surface area (Å²) in [6.45, 7) is 0. The fourth-order valence-electron chi connectivity index (χ4n) is 2.68. The van der Waals surface area contributed by atoms with E-state index in [0.717, 1.165) is 12.8 Å². The standard InChI is InChI=1S/C15H21ClN2O2/c1-20-14-9-11(6-7-12(14)16)18-15(19)8-10-4-2-3-5-13(10)17/h6-7,9-10,13H,2-5,8,17H2,1H3,(H,18,19). The Balaban J connectivity index is 1.94. The zero-order valence-corrected chi connectivity index (χ0v) is 12.5. The van der Waals surface area contributed by atoms with E-state index in [1.807, 2.05) is 0 Å². The minimum atomic E-state index is -0.00303. The highest BCUT2D eigenvalue weighted by molar-refractivity contribution is 6.32. The summed E-state index contributed by atoms with van der Waals surface area (Å²) in [5, 5.41) is 3.41. The molecule has 3 N–H and O–H groups in total. The van der Waals surface area contributed by atoms with Gasteiger partial charge in [-0.15, -0.1) is 0 Å². The molecule has 1 amide bonds. The molecular formula is C15H21ClN2O2. The fraction of sp³-hybridized carbons (Fsp3) is 0.533. The Bertz CT molecular complexity index is 479. The number of nitrogens with two attached hydrogens (primary N) is 1. The molecule has 110 valence electrons. The van der Waals surface area contributed by atoms with E-state index in [2.05, 4.69) is 5.32 Å². The van der Waals surface area contributed by atoms with Crippen LogP contribution < -0.4 is 15.8 Å². The Morgan fingerprint density at radius 2 is 2.20 bits per heavy atom. The second kappa shape index (κ2) is 6.95. The van der Waals surface area contributed by atoms with Gasteiger partial charge in [-0.05, 0) is 30.9 Å². The van der Waals surface area contributed by atoms with Crippen molar-refractivity contribution >= 4 is 23.2 Å². The van der Waals surface area contributed by atoms with E-state index < -0.39 is 0 Å². The van der Waals surface area contributed by atoms with Crippen LogP contribution in [0.4, 0.5) is 5.69 Å².